The van der Waals surface area contributed by atoms with Gasteiger partial charge >= 0.3 is 0 Å². The summed E-state index contributed by atoms with van der Waals surface area (Å²) in [6.07, 6.45) is 2.12. The standard InChI is InChI=1S/C18H30F2N4/c1-5-21-18(22-10-6-7-11-24(4)14(2)3)23-13-15-12-16(19)8-9-17(15)20/h8-9,12,14H,5-7,10-11,13H2,1-4H3,(H2,21,22,23). The van der Waals surface area contributed by atoms with Gasteiger partial charge in [-0.15, -0.1) is 0 Å². The van der Waals surface area contributed by atoms with E-state index in [4.69, 9.17) is 0 Å². The van der Waals surface area contributed by atoms with Gasteiger partial charge in [-0.25, -0.2) is 13.8 Å². The van der Waals surface area contributed by atoms with Crippen molar-refractivity contribution in [2.45, 2.75) is 46.2 Å². The van der Waals surface area contributed by atoms with E-state index in [1.165, 1.54) is 6.07 Å². The second-order valence-corrected chi connectivity index (χ2v) is 6.14. The first-order valence-electron chi connectivity index (χ1n) is 8.60. The Balaban J connectivity index is 2.44. The lowest BCUT2D eigenvalue weighted by molar-refractivity contribution is 0.268. The van der Waals surface area contributed by atoms with Gasteiger partial charge in [0.15, 0.2) is 5.96 Å². The summed E-state index contributed by atoms with van der Waals surface area (Å²) in [7, 11) is 2.12. The zero-order valence-electron chi connectivity index (χ0n) is 15.2. The van der Waals surface area contributed by atoms with Crippen LogP contribution >= 0.6 is 0 Å². The van der Waals surface area contributed by atoms with E-state index in [2.05, 4.69) is 41.4 Å². The van der Waals surface area contributed by atoms with E-state index in [0.717, 1.165) is 38.1 Å². The van der Waals surface area contributed by atoms with Crippen LogP contribution in [-0.2, 0) is 6.54 Å². The Kier molecular flexibility index (Phi) is 9.30. The van der Waals surface area contributed by atoms with Crippen LogP contribution < -0.4 is 10.6 Å². The number of benzene rings is 1. The van der Waals surface area contributed by atoms with Gasteiger partial charge in [0.2, 0.25) is 0 Å². The average molecular weight is 340 g/mol. The highest BCUT2D eigenvalue weighted by molar-refractivity contribution is 5.79. The number of rotatable bonds is 9. The van der Waals surface area contributed by atoms with E-state index >= 15 is 0 Å². The smallest absolute Gasteiger partial charge is 0.191 e. The molecule has 0 unspecified atom stereocenters. The molecule has 0 spiro atoms. The van der Waals surface area contributed by atoms with E-state index < -0.39 is 11.6 Å². The third kappa shape index (κ3) is 7.73. The fraction of sp³-hybridized carbons (Fsp3) is 0.611. The predicted octanol–water partition coefficient (Wildman–Crippen LogP) is 3.14. The second kappa shape index (κ2) is 11.0. The minimum atomic E-state index is -0.450. The summed E-state index contributed by atoms with van der Waals surface area (Å²) in [4.78, 5) is 6.64. The van der Waals surface area contributed by atoms with Crippen molar-refractivity contribution >= 4 is 5.96 Å². The molecule has 0 fully saturated rings. The van der Waals surface area contributed by atoms with Gasteiger partial charge in [0.25, 0.3) is 0 Å². The van der Waals surface area contributed by atoms with Gasteiger partial charge in [0, 0.05) is 24.7 Å². The van der Waals surface area contributed by atoms with Gasteiger partial charge in [0.1, 0.15) is 11.6 Å². The predicted molar refractivity (Wildman–Crippen MR) is 96.2 cm³/mol. The van der Waals surface area contributed by atoms with Crippen molar-refractivity contribution in [1.29, 1.82) is 0 Å². The van der Waals surface area contributed by atoms with E-state index in [0.29, 0.717) is 18.5 Å². The van der Waals surface area contributed by atoms with Gasteiger partial charge in [-0.3, -0.25) is 0 Å². The largest absolute Gasteiger partial charge is 0.357 e. The molecular weight excluding hydrogens is 310 g/mol. The SMILES string of the molecule is CCNC(=NCc1cc(F)ccc1F)NCCCCN(C)C(C)C. The van der Waals surface area contributed by atoms with Gasteiger partial charge in [0.05, 0.1) is 6.54 Å². The molecule has 0 aromatic heterocycles. The zero-order valence-corrected chi connectivity index (χ0v) is 15.2. The molecule has 4 nitrogen and oxygen atoms in total. The number of nitrogens with one attached hydrogen (secondary N) is 2. The minimum Gasteiger partial charge on any atom is -0.357 e. The number of hydrogen-bond acceptors (Lipinski definition) is 2. The molecule has 24 heavy (non-hydrogen) atoms. The molecule has 0 heterocycles. The molecule has 2 N–H and O–H groups in total. The maximum Gasteiger partial charge on any atom is 0.191 e. The molecule has 0 bridgehead atoms. The molecule has 0 aliphatic heterocycles. The van der Waals surface area contributed by atoms with Gasteiger partial charge in [-0.1, -0.05) is 0 Å². The Labute approximate surface area is 144 Å². The fourth-order valence-corrected chi connectivity index (χ4v) is 2.12. The monoisotopic (exact) mass is 340 g/mol. The van der Waals surface area contributed by atoms with Crippen LogP contribution in [0.2, 0.25) is 0 Å². The summed E-state index contributed by atoms with van der Waals surface area (Å²) in [5, 5.41) is 6.35. The van der Waals surface area contributed by atoms with E-state index in [-0.39, 0.29) is 12.1 Å². The Morgan fingerprint density at radius 2 is 1.96 bits per heavy atom. The lowest BCUT2D eigenvalue weighted by atomic mass is 10.2. The Morgan fingerprint density at radius 3 is 2.62 bits per heavy atom. The average Bonchev–Trinajstić information content (AvgIpc) is 2.54. The number of nitrogens with zero attached hydrogens (tertiary/aromatic N) is 2. The fourth-order valence-electron chi connectivity index (χ4n) is 2.12. The highest BCUT2D eigenvalue weighted by Gasteiger charge is 2.05. The quantitative estimate of drug-likeness (QED) is 0.412. The summed E-state index contributed by atoms with van der Waals surface area (Å²) in [6, 6.07) is 3.98. The Morgan fingerprint density at radius 1 is 1.21 bits per heavy atom. The number of guanidine groups is 1. The van der Waals surface area contributed by atoms with Crippen molar-refractivity contribution in [3.63, 3.8) is 0 Å². The molecule has 0 saturated heterocycles. The molecule has 136 valence electrons. The van der Waals surface area contributed by atoms with Crippen LogP contribution in [0.15, 0.2) is 23.2 Å². The molecule has 0 atom stereocenters. The first kappa shape index (κ1) is 20.4. The summed E-state index contributed by atoms with van der Waals surface area (Å²) >= 11 is 0. The van der Waals surface area contributed by atoms with E-state index in [1.807, 2.05) is 6.92 Å². The molecule has 6 heteroatoms. The Bertz CT molecular complexity index is 518. The molecule has 1 rings (SSSR count). The Hall–Kier alpha value is -1.69. The van der Waals surface area contributed by atoms with Crippen molar-refractivity contribution in [2.75, 3.05) is 26.7 Å². The highest BCUT2D eigenvalue weighted by atomic mass is 19.1. The minimum absolute atomic E-state index is 0.106. The van der Waals surface area contributed by atoms with Crippen LogP contribution in [0.3, 0.4) is 0 Å². The van der Waals surface area contributed by atoms with Crippen LogP contribution in [0, 0.1) is 11.6 Å². The lowest BCUT2D eigenvalue weighted by Gasteiger charge is -2.20. The molecule has 1 aromatic rings. The third-order valence-electron chi connectivity index (χ3n) is 3.87. The molecule has 1 aromatic carbocycles. The first-order chi connectivity index (χ1) is 11.4. The highest BCUT2D eigenvalue weighted by Crippen LogP contribution is 2.10. The maximum atomic E-state index is 13.6. The lowest BCUT2D eigenvalue weighted by Crippen LogP contribution is -2.38. The summed E-state index contributed by atoms with van der Waals surface area (Å²) in [5.41, 5.74) is 0.255. The van der Waals surface area contributed by atoms with Crippen LogP contribution in [0.1, 0.15) is 39.2 Å². The molecule has 0 aliphatic carbocycles. The number of hydrogen-bond donors (Lipinski definition) is 2. The first-order valence-corrected chi connectivity index (χ1v) is 8.60. The summed E-state index contributed by atoms with van der Waals surface area (Å²) in [5.74, 6) is -0.264. The van der Waals surface area contributed by atoms with Crippen LogP contribution in [0.5, 0.6) is 0 Å². The molecular formula is C18H30F2N4. The van der Waals surface area contributed by atoms with Crippen molar-refractivity contribution in [3.8, 4) is 0 Å². The van der Waals surface area contributed by atoms with E-state index in [9.17, 15) is 8.78 Å². The van der Waals surface area contributed by atoms with Crippen molar-refractivity contribution in [1.82, 2.24) is 15.5 Å². The van der Waals surface area contributed by atoms with Crippen molar-refractivity contribution in [2.24, 2.45) is 4.99 Å². The van der Waals surface area contributed by atoms with Gasteiger partial charge < -0.3 is 15.5 Å². The van der Waals surface area contributed by atoms with Crippen molar-refractivity contribution < 1.29 is 8.78 Å². The normalized spacial score (nSPS) is 12.1. The van der Waals surface area contributed by atoms with Gasteiger partial charge in [-0.2, -0.15) is 0 Å². The molecule has 0 amide bonds. The van der Waals surface area contributed by atoms with Crippen LogP contribution in [0.25, 0.3) is 0 Å². The number of aliphatic imine (C=N–C) groups is 1. The van der Waals surface area contributed by atoms with Crippen LogP contribution in [0.4, 0.5) is 8.78 Å². The van der Waals surface area contributed by atoms with Crippen LogP contribution in [-0.4, -0.2) is 43.6 Å². The maximum absolute atomic E-state index is 13.6. The summed E-state index contributed by atoms with van der Waals surface area (Å²) in [6.45, 7) is 9.00. The number of halogens is 2. The summed E-state index contributed by atoms with van der Waals surface area (Å²) < 4.78 is 26.8. The zero-order chi connectivity index (χ0) is 17.9. The van der Waals surface area contributed by atoms with Gasteiger partial charge in [-0.05, 0) is 65.4 Å². The number of unbranched alkanes of at least 4 members (excludes halogenated alkanes) is 1. The van der Waals surface area contributed by atoms with E-state index in [1.54, 1.807) is 0 Å². The van der Waals surface area contributed by atoms with Crippen molar-refractivity contribution in [3.05, 3.63) is 35.4 Å². The molecule has 0 radical (unpaired) electrons. The second-order valence-electron chi connectivity index (χ2n) is 6.14. The topological polar surface area (TPSA) is 39.7 Å². The molecule has 0 saturated carbocycles. The third-order valence-corrected chi connectivity index (χ3v) is 3.87. The molecule has 0 aliphatic rings.